The van der Waals surface area contributed by atoms with Gasteiger partial charge in [0.2, 0.25) is 0 Å². The second-order valence-electron chi connectivity index (χ2n) is 7.76. The van der Waals surface area contributed by atoms with Crippen molar-refractivity contribution < 1.29 is 14.3 Å². The summed E-state index contributed by atoms with van der Waals surface area (Å²) in [5, 5.41) is 12.5. The van der Waals surface area contributed by atoms with E-state index >= 15 is 0 Å². The summed E-state index contributed by atoms with van der Waals surface area (Å²) < 4.78 is 10.6. The molecular formula is C25H30N4O3. The molecule has 1 fully saturated rings. The molecule has 0 spiro atoms. The van der Waals surface area contributed by atoms with Gasteiger partial charge in [-0.15, -0.1) is 0 Å². The van der Waals surface area contributed by atoms with Crippen molar-refractivity contribution in [2.24, 2.45) is 0 Å². The fraction of sp³-hybridized carbons (Fsp3) is 0.360. The standard InChI is InChI=1S/C25H30N4O3/c1-19(21-9-10-23(31-2)24(15-21)32-3)27-25(30)22(16-26)18-29-13-11-28(12-14-29)17-20-7-5-4-6-8-20/h4-10,15,18-19H,11-14,17H2,1-3H3,(H,27,30)/b22-18-. The molecule has 32 heavy (non-hydrogen) atoms. The van der Waals surface area contributed by atoms with Gasteiger partial charge in [-0.2, -0.15) is 5.26 Å². The molecular weight excluding hydrogens is 404 g/mol. The zero-order valence-corrected chi connectivity index (χ0v) is 18.9. The Morgan fingerprint density at radius 3 is 2.41 bits per heavy atom. The molecule has 1 amide bonds. The van der Waals surface area contributed by atoms with Crippen molar-refractivity contribution in [3.8, 4) is 17.6 Å². The fourth-order valence-electron chi connectivity index (χ4n) is 3.69. The number of carbonyl (C=O) groups excluding carboxylic acids is 1. The van der Waals surface area contributed by atoms with Crippen LogP contribution in [0.5, 0.6) is 11.5 Å². The van der Waals surface area contributed by atoms with Gasteiger partial charge in [-0.05, 0) is 30.2 Å². The number of carbonyl (C=O) groups is 1. The second-order valence-corrected chi connectivity index (χ2v) is 7.76. The summed E-state index contributed by atoms with van der Waals surface area (Å²) in [6.45, 7) is 6.10. The van der Waals surface area contributed by atoms with Crippen molar-refractivity contribution in [2.45, 2.75) is 19.5 Å². The molecule has 1 heterocycles. The van der Waals surface area contributed by atoms with E-state index in [0.717, 1.165) is 38.3 Å². The summed E-state index contributed by atoms with van der Waals surface area (Å²) in [4.78, 5) is 17.1. The highest BCUT2D eigenvalue weighted by Crippen LogP contribution is 2.30. The molecule has 1 saturated heterocycles. The summed E-state index contributed by atoms with van der Waals surface area (Å²) >= 11 is 0. The maximum absolute atomic E-state index is 12.7. The van der Waals surface area contributed by atoms with E-state index < -0.39 is 0 Å². The molecule has 7 heteroatoms. The Morgan fingerprint density at radius 1 is 1.09 bits per heavy atom. The van der Waals surface area contributed by atoms with Crippen LogP contribution in [0.4, 0.5) is 0 Å². The van der Waals surface area contributed by atoms with Crippen LogP contribution in [0.3, 0.4) is 0 Å². The molecule has 1 aliphatic heterocycles. The number of benzene rings is 2. The number of nitrogens with zero attached hydrogens (tertiary/aromatic N) is 3. The summed E-state index contributed by atoms with van der Waals surface area (Å²) in [5.41, 5.74) is 2.26. The second kappa shape index (κ2) is 11.2. The topological polar surface area (TPSA) is 77.8 Å². The third kappa shape index (κ3) is 6.02. The molecule has 1 atom stereocenters. The van der Waals surface area contributed by atoms with Crippen LogP contribution in [0, 0.1) is 11.3 Å². The number of piperazine rings is 1. The predicted molar refractivity (Wildman–Crippen MR) is 123 cm³/mol. The molecule has 0 bridgehead atoms. The van der Waals surface area contributed by atoms with Crippen LogP contribution in [-0.4, -0.2) is 56.1 Å². The highest BCUT2D eigenvalue weighted by molar-refractivity contribution is 5.97. The van der Waals surface area contributed by atoms with Gasteiger partial charge < -0.3 is 19.7 Å². The lowest BCUT2D eigenvalue weighted by Gasteiger charge is -2.34. The fourth-order valence-corrected chi connectivity index (χ4v) is 3.69. The average molecular weight is 435 g/mol. The van der Waals surface area contributed by atoms with E-state index in [0.29, 0.717) is 11.5 Å². The molecule has 1 unspecified atom stereocenters. The van der Waals surface area contributed by atoms with Crippen LogP contribution in [0.25, 0.3) is 0 Å². The molecule has 0 aromatic heterocycles. The summed E-state index contributed by atoms with van der Waals surface area (Å²) in [7, 11) is 3.15. The zero-order chi connectivity index (χ0) is 22.9. The van der Waals surface area contributed by atoms with Crippen molar-refractivity contribution in [3.63, 3.8) is 0 Å². The highest BCUT2D eigenvalue weighted by Gasteiger charge is 2.19. The smallest absolute Gasteiger partial charge is 0.263 e. The number of hydrogen-bond acceptors (Lipinski definition) is 6. The summed E-state index contributed by atoms with van der Waals surface area (Å²) in [6, 6.07) is 17.6. The van der Waals surface area contributed by atoms with Gasteiger partial charge in [0.25, 0.3) is 5.91 Å². The molecule has 1 aliphatic rings. The Morgan fingerprint density at radius 2 is 1.78 bits per heavy atom. The van der Waals surface area contributed by atoms with Crippen LogP contribution in [0.2, 0.25) is 0 Å². The minimum Gasteiger partial charge on any atom is -0.493 e. The molecule has 2 aromatic carbocycles. The van der Waals surface area contributed by atoms with Gasteiger partial charge in [0.1, 0.15) is 11.6 Å². The SMILES string of the molecule is COc1ccc(C(C)NC(=O)/C(C#N)=C\N2CCN(Cc3ccccc3)CC2)cc1OC. The van der Waals surface area contributed by atoms with Crippen molar-refractivity contribution in [2.75, 3.05) is 40.4 Å². The number of nitriles is 1. The van der Waals surface area contributed by atoms with E-state index in [9.17, 15) is 10.1 Å². The van der Waals surface area contributed by atoms with E-state index in [4.69, 9.17) is 9.47 Å². The van der Waals surface area contributed by atoms with Crippen LogP contribution in [-0.2, 0) is 11.3 Å². The molecule has 0 saturated carbocycles. The van der Waals surface area contributed by atoms with Crippen LogP contribution in [0.1, 0.15) is 24.1 Å². The molecule has 1 N–H and O–H groups in total. The van der Waals surface area contributed by atoms with Crippen molar-refractivity contribution in [1.29, 1.82) is 5.26 Å². The predicted octanol–water partition coefficient (Wildman–Crippen LogP) is 3.11. The monoisotopic (exact) mass is 434 g/mol. The van der Waals surface area contributed by atoms with E-state index in [1.54, 1.807) is 26.5 Å². The Balaban J connectivity index is 1.57. The third-order valence-corrected chi connectivity index (χ3v) is 5.59. The van der Waals surface area contributed by atoms with Gasteiger partial charge in [0, 0.05) is 38.9 Å². The lowest BCUT2D eigenvalue weighted by atomic mass is 10.1. The highest BCUT2D eigenvalue weighted by atomic mass is 16.5. The maximum atomic E-state index is 12.7. The lowest BCUT2D eigenvalue weighted by molar-refractivity contribution is -0.117. The number of amides is 1. The molecule has 2 aromatic rings. The lowest BCUT2D eigenvalue weighted by Crippen LogP contribution is -2.44. The van der Waals surface area contributed by atoms with Gasteiger partial charge in [0.05, 0.1) is 20.3 Å². The average Bonchev–Trinajstić information content (AvgIpc) is 2.83. The largest absolute Gasteiger partial charge is 0.493 e. The Kier molecular flexibility index (Phi) is 8.12. The number of ether oxygens (including phenoxy) is 2. The Hall–Kier alpha value is -3.50. The molecule has 168 valence electrons. The third-order valence-electron chi connectivity index (χ3n) is 5.59. The normalized spacial score (nSPS) is 15.6. The first-order valence-electron chi connectivity index (χ1n) is 10.7. The number of rotatable bonds is 8. The van der Waals surface area contributed by atoms with Gasteiger partial charge >= 0.3 is 0 Å². The molecule has 0 aliphatic carbocycles. The Bertz CT molecular complexity index is 976. The minimum absolute atomic E-state index is 0.105. The van der Waals surface area contributed by atoms with E-state index in [-0.39, 0.29) is 17.5 Å². The van der Waals surface area contributed by atoms with Crippen LogP contribution >= 0.6 is 0 Å². The first kappa shape index (κ1) is 23.2. The summed E-state index contributed by atoms with van der Waals surface area (Å²) in [6.07, 6.45) is 1.68. The molecule has 7 nitrogen and oxygen atoms in total. The summed E-state index contributed by atoms with van der Waals surface area (Å²) in [5.74, 6) is 0.829. The van der Waals surface area contributed by atoms with E-state index in [1.807, 2.05) is 36.1 Å². The first-order chi connectivity index (χ1) is 15.5. The number of nitrogens with one attached hydrogen (secondary N) is 1. The Labute approximate surface area is 189 Å². The molecule has 3 rings (SSSR count). The van der Waals surface area contributed by atoms with Gasteiger partial charge in [0.15, 0.2) is 11.5 Å². The van der Waals surface area contributed by atoms with Crippen molar-refractivity contribution in [1.82, 2.24) is 15.1 Å². The van der Waals surface area contributed by atoms with Gasteiger partial charge in [-0.1, -0.05) is 36.4 Å². The maximum Gasteiger partial charge on any atom is 0.263 e. The van der Waals surface area contributed by atoms with Crippen molar-refractivity contribution >= 4 is 5.91 Å². The minimum atomic E-state index is -0.387. The number of hydrogen-bond donors (Lipinski definition) is 1. The van der Waals surface area contributed by atoms with Crippen LogP contribution in [0.15, 0.2) is 60.3 Å². The van der Waals surface area contributed by atoms with E-state index in [1.165, 1.54) is 5.56 Å². The number of methoxy groups -OCH3 is 2. The van der Waals surface area contributed by atoms with Gasteiger partial charge in [-0.3, -0.25) is 9.69 Å². The van der Waals surface area contributed by atoms with E-state index in [2.05, 4.69) is 34.5 Å². The van der Waals surface area contributed by atoms with Crippen molar-refractivity contribution in [3.05, 3.63) is 71.4 Å². The zero-order valence-electron chi connectivity index (χ0n) is 18.9. The van der Waals surface area contributed by atoms with Crippen LogP contribution < -0.4 is 14.8 Å². The molecule has 0 radical (unpaired) electrons. The quantitative estimate of drug-likeness (QED) is 0.508. The van der Waals surface area contributed by atoms with Gasteiger partial charge in [-0.25, -0.2) is 0 Å². The first-order valence-corrected chi connectivity index (χ1v) is 10.7.